The summed E-state index contributed by atoms with van der Waals surface area (Å²) in [6.45, 7) is 8.17. The molecular formula is C27H32Cl2N6O3. The zero-order valence-corrected chi connectivity index (χ0v) is 23.1. The van der Waals surface area contributed by atoms with E-state index in [1.165, 1.54) is 13.3 Å². The van der Waals surface area contributed by atoms with Crippen molar-refractivity contribution in [1.29, 1.82) is 0 Å². The van der Waals surface area contributed by atoms with Crippen molar-refractivity contribution >= 4 is 51.9 Å². The summed E-state index contributed by atoms with van der Waals surface area (Å²) in [6.07, 6.45) is 5.01. The normalized spacial score (nSPS) is 19.5. The van der Waals surface area contributed by atoms with Crippen molar-refractivity contribution in [3.05, 3.63) is 45.7 Å². The maximum atomic E-state index is 12.3. The summed E-state index contributed by atoms with van der Waals surface area (Å²) >= 11 is 12.6. The Morgan fingerprint density at radius 1 is 1.18 bits per heavy atom. The predicted octanol–water partition coefficient (Wildman–Crippen LogP) is 4.96. The zero-order chi connectivity index (χ0) is 27.0. The molecule has 2 aromatic heterocycles. The van der Waals surface area contributed by atoms with E-state index in [9.17, 15) is 9.59 Å². The average Bonchev–Trinajstić information content (AvgIpc) is 3.22. The molecule has 1 aromatic carbocycles. The molecule has 5 rings (SSSR count). The lowest BCUT2D eigenvalue weighted by Crippen LogP contribution is -2.54. The highest BCUT2D eigenvalue weighted by molar-refractivity contribution is 6.35. The Kier molecular flexibility index (Phi) is 7.88. The highest BCUT2D eigenvalue weighted by Gasteiger charge is 2.37. The lowest BCUT2D eigenvalue weighted by molar-refractivity contribution is -0.137. The molecule has 4 heterocycles. The maximum absolute atomic E-state index is 12.3. The van der Waals surface area contributed by atoms with E-state index >= 15 is 0 Å². The smallest absolute Gasteiger partial charge is 0.303 e. The van der Waals surface area contributed by atoms with Crippen molar-refractivity contribution in [1.82, 2.24) is 24.6 Å². The highest BCUT2D eigenvalue weighted by Crippen LogP contribution is 2.35. The summed E-state index contributed by atoms with van der Waals surface area (Å²) in [5.41, 5.74) is 2.16. The Labute approximate surface area is 231 Å². The van der Waals surface area contributed by atoms with Gasteiger partial charge in [-0.3, -0.25) is 9.59 Å². The van der Waals surface area contributed by atoms with E-state index in [4.69, 9.17) is 33.3 Å². The summed E-state index contributed by atoms with van der Waals surface area (Å²) < 4.78 is 1.73. The Morgan fingerprint density at radius 2 is 1.97 bits per heavy atom. The fourth-order valence-corrected chi connectivity index (χ4v) is 6.23. The number of hydrogen-bond acceptors (Lipinski definition) is 7. The number of rotatable bonds is 9. The van der Waals surface area contributed by atoms with Gasteiger partial charge < -0.3 is 14.9 Å². The highest BCUT2D eigenvalue weighted by atomic mass is 35.5. The van der Waals surface area contributed by atoms with Crippen LogP contribution in [0.15, 0.2) is 24.4 Å². The van der Waals surface area contributed by atoms with Gasteiger partial charge in [0.1, 0.15) is 11.3 Å². The molecule has 0 amide bonds. The average molecular weight is 559 g/mol. The number of piperidine rings is 1. The molecule has 202 valence electrons. The number of aromatic nitrogens is 4. The summed E-state index contributed by atoms with van der Waals surface area (Å²) in [4.78, 5) is 37.4. The molecule has 2 aliphatic rings. The number of halogens is 2. The van der Waals surface area contributed by atoms with Crippen molar-refractivity contribution in [2.75, 3.05) is 37.6 Å². The molecule has 2 aliphatic heterocycles. The fourth-order valence-electron chi connectivity index (χ4n) is 5.66. The van der Waals surface area contributed by atoms with Crippen molar-refractivity contribution < 1.29 is 14.7 Å². The first-order chi connectivity index (χ1) is 18.2. The van der Waals surface area contributed by atoms with Crippen molar-refractivity contribution in [2.45, 2.75) is 45.6 Å². The Morgan fingerprint density at radius 3 is 2.68 bits per heavy atom. The molecular weight excluding hydrogens is 527 g/mol. The lowest BCUT2D eigenvalue weighted by atomic mass is 9.80. The summed E-state index contributed by atoms with van der Waals surface area (Å²) in [7, 11) is 0. The van der Waals surface area contributed by atoms with Gasteiger partial charge in [0.15, 0.2) is 17.1 Å². The molecule has 3 aromatic rings. The second kappa shape index (κ2) is 11.2. The molecule has 11 heteroatoms. The number of Topliss-reactive ketones (excluding diaryl/α,β-unsaturated/α-hetero) is 1. The van der Waals surface area contributed by atoms with Gasteiger partial charge in [0.2, 0.25) is 0 Å². The first-order valence-corrected chi connectivity index (χ1v) is 13.9. The number of benzene rings is 1. The quantitative estimate of drug-likeness (QED) is 0.367. The van der Waals surface area contributed by atoms with Crippen LogP contribution in [-0.4, -0.2) is 74.2 Å². The van der Waals surface area contributed by atoms with Crippen LogP contribution in [-0.2, 0) is 4.79 Å². The van der Waals surface area contributed by atoms with Crippen LogP contribution in [0.4, 0.5) is 5.82 Å². The molecule has 0 bridgehead atoms. The summed E-state index contributed by atoms with van der Waals surface area (Å²) in [5.74, 6) is 1.05. The molecule has 2 saturated heterocycles. The fraction of sp³-hybridized carbons (Fsp3) is 0.519. The van der Waals surface area contributed by atoms with E-state index in [1.807, 2.05) is 13.0 Å². The Bertz CT molecular complexity index is 1360. The largest absolute Gasteiger partial charge is 0.481 e. The number of nitrogens with zero attached hydrogens (tertiary/aromatic N) is 6. The minimum Gasteiger partial charge on any atom is -0.481 e. The van der Waals surface area contributed by atoms with Crippen LogP contribution in [0.1, 0.15) is 61.6 Å². The lowest BCUT2D eigenvalue weighted by Gasteiger charge is -2.47. The first kappa shape index (κ1) is 26.8. The number of fused-ring (bicyclic) bond motifs is 1. The van der Waals surface area contributed by atoms with Crippen molar-refractivity contribution in [3.8, 4) is 0 Å². The SMILES string of the molecule is CC(=O)c1nn([C@H](C)c2ccc(Cl)cc2Cl)c2nc(N3CC([C@H]4CCCN(CCCC(=O)O)C4)C3)cnc12. The second-order valence-corrected chi connectivity index (χ2v) is 11.3. The number of carbonyl (C=O) groups is 2. The Hall–Kier alpha value is -2.75. The topological polar surface area (TPSA) is 104 Å². The van der Waals surface area contributed by atoms with Crippen LogP contribution in [0.3, 0.4) is 0 Å². The van der Waals surface area contributed by atoms with E-state index in [-0.39, 0.29) is 18.2 Å². The minimum absolute atomic E-state index is 0.167. The molecule has 1 N–H and O–H groups in total. The molecule has 0 radical (unpaired) electrons. The van der Waals surface area contributed by atoms with Crippen LogP contribution in [0.25, 0.3) is 11.2 Å². The number of aliphatic carboxylic acids is 1. The van der Waals surface area contributed by atoms with E-state index in [1.54, 1.807) is 23.0 Å². The number of carboxylic acids is 1. The van der Waals surface area contributed by atoms with Gasteiger partial charge in [-0.2, -0.15) is 5.10 Å². The van der Waals surface area contributed by atoms with Gasteiger partial charge in [0, 0.05) is 43.0 Å². The molecule has 2 fully saturated rings. The van der Waals surface area contributed by atoms with Gasteiger partial charge >= 0.3 is 5.97 Å². The molecule has 0 saturated carbocycles. The van der Waals surface area contributed by atoms with Gasteiger partial charge in [0.05, 0.1) is 12.2 Å². The minimum atomic E-state index is -0.728. The number of anilines is 1. The van der Waals surface area contributed by atoms with Gasteiger partial charge in [-0.1, -0.05) is 29.3 Å². The second-order valence-electron chi connectivity index (χ2n) is 10.5. The number of carboxylic acid groups (broad SMARTS) is 1. The van der Waals surface area contributed by atoms with Gasteiger partial charge in [-0.15, -0.1) is 0 Å². The van der Waals surface area contributed by atoms with Crippen molar-refractivity contribution in [3.63, 3.8) is 0 Å². The maximum Gasteiger partial charge on any atom is 0.303 e. The van der Waals surface area contributed by atoms with Crippen LogP contribution >= 0.6 is 23.2 Å². The van der Waals surface area contributed by atoms with Gasteiger partial charge in [-0.25, -0.2) is 14.6 Å². The molecule has 38 heavy (non-hydrogen) atoms. The molecule has 0 spiro atoms. The third kappa shape index (κ3) is 5.51. The van der Waals surface area contributed by atoms with E-state index in [0.717, 1.165) is 50.5 Å². The van der Waals surface area contributed by atoms with Crippen LogP contribution < -0.4 is 4.90 Å². The molecule has 9 nitrogen and oxygen atoms in total. The molecule has 2 atom stereocenters. The number of likely N-dealkylation sites (tertiary alicyclic amines) is 1. The number of hydrogen-bond donors (Lipinski definition) is 1. The summed E-state index contributed by atoms with van der Waals surface area (Å²) in [5, 5.41) is 14.6. The van der Waals surface area contributed by atoms with Gasteiger partial charge in [0.25, 0.3) is 0 Å². The predicted molar refractivity (Wildman–Crippen MR) is 147 cm³/mol. The number of carbonyl (C=O) groups excluding carboxylic acids is 1. The third-order valence-corrected chi connectivity index (χ3v) is 8.37. The third-order valence-electron chi connectivity index (χ3n) is 7.81. The van der Waals surface area contributed by atoms with E-state index in [2.05, 4.69) is 19.9 Å². The summed E-state index contributed by atoms with van der Waals surface area (Å²) in [6, 6.07) is 5.07. The van der Waals surface area contributed by atoms with E-state index < -0.39 is 5.97 Å². The molecule has 0 aliphatic carbocycles. The van der Waals surface area contributed by atoms with Crippen LogP contribution in [0.5, 0.6) is 0 Å². The van der Waals surface area contributed by atoms with Crippen LogP contribution in [0.2, 0.25) is 10.0 Å². The molecule has 0 unspecified atom stereocenters. The van der Waals surface area contributed by atoms with Crippen LogP contribution in [0, 0.1) is 11.8 Å². The first-order valence-electron chi connectivity index (χ1n) is 13.1. The monoisotopic (exact) mass is 558 g/mol. The Balaban J connectivity index is 1.32. The van der Waals surface area contributed by atoms with Gasteiger partial charge in [-0.05, 0) is 68.8 Å². The van der Waals surface area contributed by atoms with Crippen molar-refractivity contribution in [2.24, 2.45) is 11.8 Å². The zero-order valence-electron chi connectivity index (χ0n) is 21.6. The standard InChI is InChI=1S/C27H32Cl2N6O3/c1-16(21-8-7-20(28)11-22(21)29)35-27-26(25(32-35)17(2)36)30-12-23(31-27)34-14-19(15-34)18-5-3-9-33(13-18)10-4-6-24(37)38/h7-8,11-12,16,18-19H,3-6,9-10,13-15H2,1-2H3,(H,37,38)/t16-,18+/m1/s1. The van der Waals surface area contributed by atoms with E-state index in [0.29, 0.717) is 45.2 Å². The number of ketones is 1.